The Morgan fingerprint density at radius 3 is 2.45 bits per heavy atom. The molecule has 2 aromatic heterocycles. The van der Waals surface area contributed by atoms with Crippen LogP contribution in [0.15, 0.2) is 47.2 Å². The minimum atomic E-state index is -0.663. The molecule has 0 aliphatic rings. The number of nitrogens with zero attached hydrogens (tertiary/aromatic N) is 5. The van der Waals surface area contributed by atoms with Gasteiger partial charge in [-0.2, -0.15) is 4.98 Å². The van der Waals surface area contributed by atoms with Crippen LogP contribution in [-0.4, -0.2) is 63.4 Å². The van der Waals surface area contributed by atoms with Crippen LogP contribution in [-0.2, 0) is 11.2 Å². The molecule has 0 saturated carbocycles. The average Bonchev–Trinajstić information content (AvgIpc) is 3.25. The molecule has 204 valence electrons. The topological polar surface area (TPSA) is 137 Å². The molecule has 0 unspecified atom stereocenters. The number of amides is 2. The minimum Gasteiger partial charge on any atom is -0.492 e. The second-order valence-corrected chi connectivity index (χ2v) is 10.2. The Hall–Kier alpha value is -3.86. The molecule has 0 atom stereocenters. The summed E-state index contributed by atoms with van der Waals surface area (Å²) in [6.07, 6.45) is 3.03. The minimum absolute atomic E-state index is 0.0493. The smallest absolute Gasteiger partial charge is 0.414 e. The molecule has 38 heavy (non-hydrogen) atoms. The summed E-state index contributed by atoms with van der Waals surface area (Å²) in [5.74, 6) is 0.563. The highest BCUT2D eigenvalue weighted by atomic mass is 35.5. The highest BCUT2D eigenvalue weighted by Gasteiger charge is 2.24. The number of carbonyl (C=O) groups excluding carboxylic acids is 2. The first-order valence-corrected chi connectivity index (χ1v) is 12.5. The zero-order valence-electron chi connectivity index (χ0n) is 22.2. The summed E-state index contributed by atoms with van der Waals surface area (Å²) in [5, 5.41) is 3.92. The van der Waals surface area contributed by atoms with Crippen LogP contribution in [0.4, 0.5) is 16.4 Å². The number of pyridine rings is 1. The molecular weight excluding hydrogens is 512 g/mol. The standard InChI is InChI=1S/C26H33ClN6O5/c1-17(2)32(11-8-22-30-24(28)31-38-22)23(34)18-14-19(27)16-21(15-18)36-13-12-33(20-6-9-29-10-7-20)25(35)37-26(3,4)5/h6-7,9-10,14-17H,8,11-13H2,1-5H3,(H2,28,31). The Morgan fingerprint density at radius 2 is 1.84 bits per heavy atom. The summed E-state index contributed by atoms with van der Waals surface area (Å²) in [6.45, 7) is 9.89. The Kier molecular flexibility index (Phi) is 9.51. The molecule has 3 aromatic rings. The van der Waals surface area contributed by atoms with Crippen LogP contribution in [0.3, 0.4) is 0 Å². The molecule has 2 N–H and O–H groups in total. The molecule has 1 aromatic carbocycles. The summed E-state index contributed by atoms with van der Waals surface area (Å²) >= 11 is 6.33. The van der Waals surface area contributed by atoms with E-state index in [1.807, 2.05) is 13.8 Å². The first-order chi connectivity index (χ1) is 17.9. The molecule has 0 spiro atoms. The number of anilines is 2. The van der Waals surface area contributed by atoms with Gasteiger partial charge in [-0.1, -0.05) is 11.6 Å². The third-order valence-electron chi connectivity index (χ3n) is 5.22. The van der Waals surface area contributed by atoms with E-state index in [4.69, 9.17) is 31.3 Å². The van der Waals surface area contributed by atoms with Crippen LogP contribution in [0, 0.1) is 0 Å². The van der Waals surface area contributed by atoms with Crippen molar-refractivity contribution in [3.8, 4) is 5.75 Å². The number of hydrogen-bond acceptors (Lipinski definition) is 9. The SMILES string of the molecule is CC(C)N(CCc1nc(N)no1)C(=O)c1cc(Cl)cc(OCCN(C(=O)OC(C)(C)C)c2ccncc2)c1. The van der Waals surface area contributed by atoms with Gasteiger partial charge in [0.15, 0.2) is 0 Å². The first kappa shape index (κ1) is 28.7. The van der Waals surface area contributed by atoms with Crippen molar-refractivity contribution in [2.75, 3.05) is 30.3 Å². The molecule has 0 aliphatic carbocycles. The van der Waals surface area contributed by atoms with Crippen molar-refractivity contribution in [1.29, 1.82) is 0 Å². The summed E-state index contributed by atoms with van der Waals surface area (Å²) < 4.78 is 16.5. The molecule has 2 heterocycles. The van der Waals surface area contributed by atoms with Crippen LogP contribution in [0.2, 0.25) is 5.02 Å². The molecule has 0 bridgehead atoms. The Balaban J connectivity index is 1.70. The van der Waals surface area contributed by atoms with E-state index in [1.54, 1.807) is 68.4 Å². The van der Waals surface area contributed by atoms with Gasteiger partial charge < -0.3 is 24.6 Å². The van der Waals surface area contributed by atoms with Crippen LogP contribution < -0.4 is 15.4 Å². The predicted octanol–water partition coefficient (Wildman–Crippen LogP) is 4.61. The third kappa shape index (κ3) is 8.34. The quantitative estimate of drug-likeness (QED) is 0.387. The van der Waals surface area contributed by atoms with E-state index in [1.165, 1.54) is 4.90 Å². The first-order valence-electron chi connectivity index (χ1n) is 12.2. The number of rotatable bonds is 10. The summed E-state index contributed by atoms with van der Waals surface area (Å²) in [6, 6.07) is 8.14. The van der Waals surface area contributed by atoms with Crippen molar-refractivity contribution in [2.24, 2.45) is 0 Å². The van der Waals surface area contributed by atoms with Crippen molar-refractivity contribution in [3.05, 3.63) is 59.2 Å². The number of nitrogen functional groups attached to an aromatic ring is 1. The van der Waals surface area contributed by atoms with Crippen LogP contribution in [0.5, 0.6) is 5.75 Å². The molecule has 0 fully saturated rings. The van der Waals surface area contributed by atoms with Gasteiger partial charge in [0.25, 0.3) is 11.9 Å². The van der Waals surface area contributed by atoms with E-state index in [-0.39, 0.29) is 31.0 Å². The van der Waals surface area contributed by atoms with Gasteiger partial charge in [0.2, 0.25) is 5.89 Å². The summed E-state index contributed by atoms with van der Waals surface area (Å²) in [7, 11) is 0. The highest BCUT2D eigenvalue weighted by Crippen LogP contribution is 2.24. The van der Waals surface area contributed by atoms with Gasteiger partial charge in [0.05, 0.1) is 12.2 Å². The van der Waals surface area contributed by atoms with Crippen molar-refractivity contribution >= 4 is 35.2 Å². The number of aromatic nitrogens is 3. The number of carbonyl (C=O) groups is 2. The monoisotopic (exact) mass is 544 g/mol. The van der Waals surface area contributed by atoms with Gasteiger partial charge >= 0.3 is 6.09 Å². The second-order valence-electron chi connectivity index (χ2n) is 9.75. The normalized spacial score (nSPS) is 11.3. The number of ether oxygens (including phenoxy) is 2. The van der Waals surface area contributed by atoms with Gasteiger partial charge in [-0.15, -0.1) is 0 Å². The van der Waals surface area contributed by atoms with Gasteiger partial charge in [0.1, 0.15) is 18.0 Å². The number of nitrogens with two attached hydrogens (primary N) is 1. The Labute approximate surface area is 226 Å². The van der Waals surface area contributed by atoms with Crippen LogP contribution in [0.1, 0.15) is 50.9 Å². The maximum absolute atomic E-state index is 13.4. The lowest BCUT2D eigenvalue weighted by molar-refractivity contribution is 0.0574. The predicted molar refractivity (Wildman–Crippen MR) is 143 cm³/mol. The molecular formula is C26H33ClN6O5. The summed E-state index contributed by atoms with van der Waals surface area (Å²) in [5.41, 5.74) is 5.83. The van der Waals surface area contributed by atoms with Gasteiger partial charge in [-0.25, -0.2) is 4.79 Å². The lowest BCUT2D eigenvalue weighted by atomic mass is 10.1. The van der Waals surface area contributed by atoms with Crippen molar-refractivity contribution in [2.45, 2.75) is 52.7 Å². The molecule has 2 amide bonds. The third-order valence-corrected chi connectivity index (χ3v) is 5.44. The maximum atomic E-state index is 13.4. The molecule has 0 saturated heterocycles. The van der Waals surface area contributed by atoms with Gasteiger partial charge in [-0.3, -0.25) is 14.7 Å². The number of halogens is 1. The van der Waals surface area contributed by atoms with E-state index in [0.717, 1.165) is 0 Å². The van der Waals surface area contributed by atoms with E-state index >= 15 is 0 Å². The molecule has 11 nitrogen and oxygen atoms in total. The van der Waals surface area contributed by atoms with E-state index in [9.17, 15) is 9.59 Å². The molecule has 3 rings (SSSR count). The highest BCUT2D eigenvalue weighted by molar-refractivity contribution is 6.31. The van der Waals surface area contributed by atoms with E-state index in [0.29, 0.717) is 40.9 Å². The fourth-order valence-electron chi connectivity index (χ4n) is 3.54. The van der Waals surface area contributed by atoms with Crippen molar-refractivity contribution < 1.29 is 23.6 Å². The van der Waals surface area contributed by atoms with Gasteiger partial charge in [0, 0.05) is 42.0 Å². The van der Waals surface area contributed by atoms with Gasteiger partial charge in [-0.05, 0) is 70.1 Å². The average molecular weight is 545 g/mol. The summed E-state index contributed by atoms with van der Waals surface area (Å²) in [4.78, 5) is 37.3. The molecule has 0 radical (unpaired) electrons. The lowest BCUT2D eigenvalue weighted by Gasteiger charge is -2.27. The van der Waals surface area contributed by atoms with Crippen molar-refractivity contribution in [3.63, 3.8) is 0 Å². The van der Waals surface area contributed by atoms with Crippen LogP contribution >= 0.6 is 11.6 Å². The van der Waals surface area contributed by atoms with Crippen LogP contribution in [0.25, 0.3) is 0 Å². The molecule has 12 heteroatoms. The Morgan fingerprint density at radius 1 is 1.13 bits per heavy atom. The Bertz CT molecular complexity index is 1230. The number of hydrogen-bond donors (Lipinski definition) is 1. The zero-order chi connectivity index (χ0) is 27.9. The lowest BCUT2D eigenvalue weighted by Crippen LogP contribution is -2.39. The van der Waals surface area contributed by atoms with E-state index in [2.05, 4.69) is 15.1 Å². The van der Waals surface area contributed by atoms with Crippen molar-refractivity contribution in [1.82, 2.24) is 20.0 Å². The fraction of sp³-hybridized carbons (Fsp3) is 0.423. The second kappa shape index (κ2) is 12.6. The molecule has 0 aliphatic heterocycles. The van der Waals surface area contributed by atoms with E-state index < -0.39 is 11.7 Å². The fourth-order valence-corrected chi connectivity index (χ4v) is 3.76. The maximum Gasteiger partial charge on any atom is 0.414 e. The zero-order valence-corrected chi connectivity index (χ0v) is 22.9. The number of benzene rings is 1. The largest absolute Gasteiger partial charge is 0.492 e.